The van der Waals surface area contributed by atoms with Crippen molar-refractivity contribution >= 4 is 17.6 Å². The minimum Gasteiger partial charge on any atom is -0.399 e. The quantitative estimate of drug-likeness (QED) is 0.579. The number of rotatable bonds is 2. The minimum absolute atomic E-state index is 0.851. The molecule has 0 aromatic heterocycles. The maximum absolute atomic E-state index is 5.70. The second-order valence-electron chi connectivity index (χ2n) is 3.30. The van der Waals surface area contributed by atoms with Gasteiger partial charge in [0.2, 0.25) is 0 Å². The molecule has 2 N–H and O–H groups in total. The molecule has 70 valence electrons. The Bertz CT molecular complexity index is 282. The van der Waals surface area contributed by atoms with Crippen molar-refractivity contribution in [3.8, 4) is 0 Å². The molecule has 0 amide bonds. The van der Waals surface area contributed by atoms with Gasteiger partial charge >= 0.3 is 0 Å². The van der Waals surface area contributed by atoms with Crippen LogP contribution >= 0.6 is 11.9 Å². The SMILES string of the molecule is Nc1cccc(SN2CCCC2)c1. The second-order valence-corrected chi connectivity index (χ2v) is 4.47. The molecule has 1 aromatic rings. The van der Waals surface area contributed by atoms with Gasteiger partial charge in [-0.2, -0.15) is 0 Å². The van der Waals surface area contributed by atoms with Crippen molar-refractivity contribution in [2.75, 3.05) is 18.8 Å². The fraction of sp³-hybridized carbons (Fsp3) is 0.400. The van der Waals surface area contributed by atoms with Crippen LogP contribution in [0.5, 0.6) is 0 Å². The highest BCUT2D eigenvalue weighted by atomic mass is 32.2. The molecular weight excluding hydrogens is 180 g/mol. The summed E-state index contributed by atoms with van der Waals surface area (Å²) in [5, 5.41) is 0. The Hall–Kier alpha value is -0.670. The highest BCUT2D eigenvalue weighted by molar-refractivity contribution is 7.97. The molecule has 1 aliphatic rings. The van der Waals surface area contributed by atoms with Gasteiger partial charge in [0, 0.05) is 23.7 Å². The molecule has 2 rings (SSSR count). The van der Waals surface area contributed by atoms with Crippen molar-refractivity contribution in [1.82, 2.24) is 4.31 Å². The van der Waals surface area contributed by atoms with Crippen LogP contribution in [-0.2, 0) is 0 Å². The standard InChI is InChI=1S/C10H14N2S/c11-9-4-3-5-10(8-9)13-12-6-1-2-7-12/h3-5,8H,1-2,6-7,11H2. The zero-order valence-corrected chi connectivity index (χ0v) is 8.39. The summed E-state index contributed by atoms with van der Waals surface area (Å²) in [7, 11) is 0. The normalized spacial score (nSPS) is 17.8. The third-order valence-corrected chi connectivity index (χ3v) is 3.25. The first-order chi connectivity index (χ1) is 6.34. The van der Waals surface area contributed by atoms with Crippen LogP contribution in [0.25, 0.3) is 0 Å². The van der Waals surface area contributed by atoms with Crippen LogP contribution in [-0.4, -0.2) is 17.4 Å². The third kappa shape index (κ3) is 2.39. The molecule has 0 bridgehead atoms. The largest absolute Gasteiger partial charge is 0.399 e. The molecular formula is C10H14N2S. The maximum atomic E-state index is 5.70. The van der Waals surface area contributed by atoms with E-state index in [9.17, 15) is 0 Å². The first kappa shape index (κ1) is 8.91. The van der Waals surface area contributed by atoms with E-state index in [1.165, 1.54) is 30.8 Å². The molecule has 1 aliphatic heterocycles. The summed E-state index contributed by atoms with van der Waals surface area (Å²) in [6.45, 7) is 2.42. The number of nitrogens with two attached hydrogens (primary N) is 1. The fourth-order valence-electron chi connectivity index (χ4n) is 1.50. The predicted molar refractivity (Wildman–Crippen MR) is 57.5 cm³/mol. The number of hydrogen-bond donors (Lipinski definition) is 1. The van der Waals surface area contributed by atoms with E-state index in [0.717, 1.165) is 5.69 Å². The van der Waals surface area contributed by atoms with Crippen LogP contribution in [0.4, 0.5) is 5.69 Å². The first-order valence-corrected chi connectivity index (χ1v) is 5.40. The lowest BCUT2D eigenvalue weighted by molar-refractivity contribution is 0.586. The molecule has 0 saturated carbocycles. The first-order valence-electron chi connectivity index (χ1n) is 4.63. The van der Waals surface area contributed by atoms with Gasteiger partial charge in [-0.05, 0) is 43.0 Å². The van der Waals surface area contributed by atoms with E-state index in [1.54, 1.807) is 0 Å². The van der Waals surface area contributed by atoms with Crippen molar-refractivity contribution in [2.24, 2.45) is 0 Å². The average molecular weight is 194 g/mol. The predicted octanol–water partition coefficient (Wildman–Crippen LogP) is 2.37. The Morgan fingerprint density at radius 1 is 1.23 bits per heavy atom. The topological polar surface area (TPSA) is 29.3 Å². The fourth-order valence-corrected chi connectivity index (χ4v) is 2.57. The molecule has 1 fully saturated rings. The summed E-state index contributed by atoms with van der Waals surface area (Å²) in [5.41, 5.74) is 6.55. The maximum Gasteiger partial charge on any atom is 0.0325 e. The Balaban J connectivity index is 2.00. The summed E-state index contributed by atoms with van der Waals surface area (Å²) in [6, 6.07) is 8.07. The molecule has 0 aliphatic carbocycles. The molecule has 2 nitrogen and oxygen atoms in total. The monoisotopic (exact) mass is 194 g/mol. The van der Waals surface area contributed by atoms with Gasteiger partial charge in [-0.3, -0.25) is 0 Å². The minimum atomic E-state index is 0.851. The van der Waals surface area contributed by atoms with Gasteiger partial charge in [0.25, 0.3) is 0 Å². The molecule has 1 heterocycles. The number of hydrogen-bond acceptors (Lipinski definition) is 3. The van der Waals surface area contributed by atoms with Gasteiger partial charge in [-0.25, -0.2) is 4.31 Å². The van der Waals surface area contributed by atoms with E-state index < -0.39 is 0 Å². The molecule has 3 heteroatoms. The van der Waals surface area contributed by atoms with Gasteiger partial charge in [0.05, 0.1) is 0 Å². The average Bonchev–Trinajstić information content (AvgIpc) is 2.57. The molecule has 0 radical (unpaired) electrons. The number of benzene rings is 1. The van der Waals surface area contributed by atoms with Crippen molar-refractivity contribution < 1.29 is 0 Å². The molecule has 0 unspecified atom stereocenters. The Labute approximate surface area is 83.2 Å². The van der Waals surface area contributed by atoms with E-state index >= 15 is 0 Å². The molecule has 0 spiro atoms. The van der Waals surface area contributed by atoms with Crippen molar-refractivity contribution in [3.05, 3.63) is 24.3 Å². The summed E-state index contributed by atoms with van der Waals surface area (Å²) in [4.78, 5) is 1.25. The molecule has 1 saturated heterocycles. The van der Waals surface area contributed by atoms with Crippen molar-refractivity contribution in [2.45, 2.75) is 17.7 Å². The van der Waals surface area contributed by atoms with E-state index in [4.69, 9.17) is 5.73 Å². The third-order valence-electron chi connectivity index (χ3n) is 2.16. The second kappa shape index (κ2) is 4.03. The van der Waals surface area contributed by atoms with Crippen LogP contribution in [0.2, 0.25) is 0 Å². The molecule has 0 atom stereocenters. The molecule has 1 aromatic carbocycles. The summed E-state index contributed by atoms with van der Waals surface area (Å²) in [6.07, 6.45) is 2.66. The van der Waals surface area contributed by atoms with E-state index in [1.807, 2.05) is 30.1 Å². The van der Waals surface area contributed by atoms with E-state index in [-0.39, 0.29) is 0 Å². The molecule has 13 heavy (non-hydrogen) atoms. The van der Waals surface area contributed by atoms with Crippen LogP contribution in [0, 0.1) is 0 Å². The zero-order valence-electron chi connectivity index (χ0n) is 7.57. The number of nitrogens with zero attached hydrogens (tertiary/aromatic N) is 1. The van der Waals surface area contributed by atoms with Gasteiger partial charge < -0.3 is 5.73 Å². The van der Waals surface area contributed by atoms with Gasteiger partial charge in [0.1, 0.15) is 0 Å². The Morgan fingerprint density at radius 3 is 2.69 bits per heavy atom. The van der Waals surface area contributed by atoms with Crippen molar-refractivity contribution in [3.63, 3.8) is 0 Å². The summed E-state index contributed by atoms with van der Waals surface area (Å²) in [5.74, 6) is 0. The highest BCUT2D eigenvalue weighted by Crippen LogP contribution is 2.27. The van der Waals surface area contributed by atoms with Gasteiger partial charge in [-0.15, -0.1) is 0 Å². The lowest BCUT2D eigenvalue weighted by atomic mass is 10.3. The zero-order chi connectivity index (χ0) is 9.10. The van der Waals surface area contributed by atoms with Crippen LogP contribution in [0.15, 0.2) is 29.2 Å². The summed E-state index contributed by atoms with van der Waals surface area (Å²) >= 11 is 1.82. The smallest absolute Gasteiger partial charge is 0.0325 e. The lowest BCUT2D eigenvalue weighted by Crippen LogP contribution is -2.08. The van der Waals surface area contributed by atoms with E-state index in [0.29, 0.717) is 0 Å². The van der Waals surface area contributed by atoms with Crippen molar-refractivity contribution in [1.29, 1.82) is 0 Å². The lowest BCUT2D eigenvalue weighted by Gasteiger charge is -2.12. The van der Waals surface area contributed by atoms with Crippen LogP contribution in [0.3, 0.4) is 0 Å². The van der Waals surface area contributed by atoms with E-state index in [2.05, 4.69) is 10.4 Å². The van der Waals surface area contributed by atoms with Gasteiger partial charge in [-0.1, -0.05) is 6.07 Å². The number of anilines is 1. The van der Waals surface area contributed by atoms with Crippen LogP contribution < -0.4 is 5.73 Å². The van der Waals surface area contributed by atoms with Crippen LogP contribution in [0.1, 0.15) is 12.8 Å². The highest BCUT2D eigenvalue weighted by Gasteiger charge is 2.12. The number of nitrogen functional groups attached to an aromatic ring is 1. The summed E-state index contributed by atoms with van der Waals surface area (Å²) < 4.78 is 2.40. The Morgan fingerprint density at radius 2 is 2.00 bits per heavy atom. The Kier molecular flexibility index (Phi) is 2.76. The van der Waals surface area contributed by atoms with Gasteiger partial charge in [0.15, 0.2) is 0 Å².